The van der Waals surface area contributed by atoms with Crippen molar-refractivity contribution in [3.8, 4) is 0 Å². The van der Waals surface area contributed by atoms with E-state index in [9.17, 15) is 63.2 Å². The molecule has 126 heavy (non-hydrogen) atoms. The van der Waals surface area contributed by atoms with E-state index < -0.39 is 167 Å². The van der Waals surface area contributed by atoms with Crippen molar-refractivity contribution in [3.63, 3.8) is 0 Å². The van der Waals surface area contributed by atoms with Crippen molar-refractivity contribution in [1.82, 2.24) is 10.6 Å². The van der Waals surface area contributed by atoms with Crippen LogP contribution < -0.4 is 20.4 Å². The average Bonchev–Trinajstić information content (AvgIpc) is 0.712. The number of phosphoric ester groups is 2. The highest BCUT2D eigenvalue weighted by Crippen LogP contribution is 2.54. The smallest absolute Gasteiger partial charge is 0.310 e. The number of esters is 4. The molecule has 16 atom stereocenters. The molecule has 0 aromatic carbocycles. The minimum absolute atomic E-state index is 0.0809. The molecule has 28 heteroatoms. The summed E-state index contributed by atoms with van der Waals surface area (Å²) in [4.78, 5) is 137. The van der Waals surface area contributed by atoms with Crippen molar-refractivity contribution < 1.29 is 115 Å². The molecule has 742 valence electrons. The molecular weight excluding hydrogens is 1650 g/mol. The number of unbranched alkanes of at least 4 members (excludes halogenated alkanes) is 48. The number of ether oxygens (including phenoxy) is 7. The lowest BCUT2D eigenvalue weighted by molar-refractivity contribution is -0.378. The lowest BCUT2D eigenvalue weighted by Gasteiger charge is -2.60. The highest BCUT2D eigenvalue weighted by atomic mass is 31.2. The molecule has 2 aliphatic heterocycles. The molecule has 2 saturated heterocycles. The van der Waals surface area contributed by atoms with Gasteiger partial charge in [-0.05, 0) is 92.4 Å². The summed E-state index contributed by atoms with van der Waals surface area (Å²) in [5.74, 6) is -7.92. The Kier molecular flexibility index (Phi) is 64.8. The zero-order valence-electron chi connectivity index (χ0n) is 81.3. The molecule has 0 spiro atoms. The van der Waals surface area contributed by atoms with Crippen LogP contribution in [-0.2, 0) is 80.1 Å². The number of hydrogen-bond donors (Lipinski definition) is 7. The van der Waals surface area contributed by atoms with Gasteiger partial charge in [0.1, 0.15) is 41.6 Å². The number of carbonyl (C=O) groups excluding carboxylic acids is 6. The van der Waals surface area contributed by atoms with Crippen molar-refractivity contribution in [2.45, 2.75) is 584 Å². The van der Waals surface area contributed by atoms with Gasteiger partial charge in [0.15, 0.2) is 23.3 Å². The number of carbonyl (C=O) groups is 6. The fourth-order valence-corrected chi connectivity index (χ4v) is 19.5. The van der Waals surface area contributed by atoms with Gasteiger partial charge in [0.2, 0.25) is 11.8 Å². The Morgan fingerprint density at radius 3 is 1.04 bits per heavy atom. The molecule has 7 N–H and O–H groups in total. The van der Waals surface area contributed by atoms with E-state index in [1.165, 1.54) is 59.3 Å². The largest absolute Gasteiger partial charge is 0.756 e. The summed E-state index contributed by atoms with van der Waals surface area (Å²) in [6.45, 7) is 19.3. The summed E-state index contributed by atoms with van der Waals surface area (Å²) < 4.78 is 83.6. The third-order valence-electron chi connectivity index (χ3n) is 26.2. The van der Waals surface area contributed by atoms with Crippen molar-refractivity contribution in [1.29, 1.82) is 0 Å². The molecule has 0 saturated carbocycles. The molecule has 26 nitrogen and oxygen atoms in total. The zero-order valence-corrected chi connectivity index (χ0v) is 83.0. The molecule has 2 rings (SSSR count). The first-order valence-electron chi connectivity index (χ1n) is 51.0. The first kappa shape index (κ1) is 119. The molecular formula is C98H184N2O24P2-2. The standard InChI is InChI=1S/C98H186N2O24P2/c1-13-20-26-32-38-44-50-56-62-68-79(101)74-85(103)100-93-97(11,122-89(107)75-80(102)69-63-57-51-45-39-33-27-21-14-2)94(8,109)84(120-98(93,12)124-126(113,114)115)78-116-92-91(99-86(104)76-81(70-64-58-52-46-40-34-28-22-15-3)117-87(105)72-66-60-54-48-42-36-30-24-17-5)96(10,95(9,83(19-7)119-92)123-125(110,111)112)121-90(108)77-82(71-65-59-53-47-41-35-29-23-16-4)118-88(106)73-67-61-55-49-43-37-31-25-18-6/h79-84,91-93,101-102,109H,13-78H2,1-12H3,(H,99,104)(H,100,103)(H2,110,111,112)(H2,113,114,115)/p-2. The quantitative estimate of drug-likeness (QED) is 0.0129. The van der Waals surface area contributed by atoms with Crippen LogP contribution in [0.3, 0.4) is 0 Å². The Bertz CT molecular complexity index is 2940. The lowest BCUT2D eigenvalue weighted by Crippen LogP contribution is -2.81. The van der Waals surface area contributed by atoms with Gasteiger partial charge in [-0.25, -0.2) is 0 Å². The molecule has 2 fully saturated rings. The number of aliphatic hydroxyl groups excluding tert-OH is 2. The van der Waals surface area contributed by atoms with Gasteiger partial charge >= 0.3 is 23.9 Å². The molecule has 2 amide bonds. The minimum Gasteiger partial charge on any atom is -0.756 e. The van der Waals surface area contributed by atoms with Gasteiger partial charge < -0.3 is 83.2 Å². The van der Waals surface area contributed by atoms with Crippen LogP contribution in [0.25, 0.3) is 0 Å². The topological polar surface area (TPSA) is 391 Å². The van der Waals surface area contributed by atoms with E-state index in [0.717, 1.165) is 284 Å². The van der Waals surface area contributed by atoms with Crippen LogP contribution in [0.2, 0.25) is 0 Å². The summed E-state index contributed by atoms with van der Waals surface area (Å²) in [5, 5.41) is 41.9. The second-order valence-electron chi connectivity index (χ2n) is 37.9. The number of phosphoric acid groups is 2. The number of hydrogen-bond acceptors (Lipinski definition) is 22. The Morgan fingerprint density at radius 2 is 0.683 bits per heavy atom. The van der Waals surface area contributed by atoms with E-state index >= 15 is 9.59 Å². The van der Waals surface area contributed by atoms with Gasteiger partial charge in [0, 0.05) is 12.8 Å². The van der Waals surface area contributed by atoms with E-state index in [-0.39, 0.29) is 44.9 Å². The number of aliphatic hydroxyl groups is 3. The predicted molar refractivity (Wildman–Crippen MR) is 493 cm³/mol. The van der Waals surface area contributed by atoms with Crippen molar-refractivity contribution in [2.24, 2.45) is 0 Å². The Balaban J connectivity index is 3.03. The number of rotatable bonds is 82. The van der Waals surface area contributed by atoms with Crippen LogP contribution in [-0.4, -0.2) is 151 Å². The summed E-state index contributed by atoms with van der Waals surface area (Å²) in [6, 6.07) is -4.06. The van der Waals surface area contributed by atoms with Crippen LogP contribution in [0, 0.1) is 0 Å². The summed E-state index contributed by atoms with van der Waals surface area (Å²) in [6.07, 6.45) is 41.9. The van der Waals surface area contributed by atoms with Crippen molar-refractivity contribution >= 4 is 51.3 Å². The van der Waals surface area contributed by atoms with Crippen LogP contribution in [0.1, 0.15) is 500 Å². The predicted octanol–water partition coefficient (Wildman–Crippen LogP) is 21.9. The second-order valence-corrected chi connectivity index (χ2v) is 40.2. The van der Waals surface area contributed by atoms with Crippen LogP contribution >= 0.6 is 15.6 Å². The van der Waals surface area contributed by atoms with Gasteiger partial charge in [0.05, 0.1) is 50.6 Å². The zero-order chi connectivity index (χ0) is 93.6. The lowest BCUT2D eigenvalue weighted by atomic mass is 9.70. The molecule has 0 bridgehead atoms. The molecule has 2 aliphatic rings. The maximum Gasteiger partial charge on any atom is 0.310 e. The van der Waals surface area contributed by atoms with Crippen molar-refractivity contribution in [3.05, 3.63) is 0 Å². The van der Waals surface area contributed by atoms with Crippen LogP contribution in [0.5, 0.6) is 0 Å². The van der Waals surface area contributed by atoms with Gasteiger partial charge in [-0.1, -0.05) is 370 Å². The van der Waals surface area contributed by atoms with Gasteiger partial charge in [0.25, 0.3) is 15.6 Å². The second kappa shape index (κ2) is 68.7. The third-order valence-corrected chi connectivity index (χ3v) is 27.4. The SMILES string of the molecule is CCCCCCCCCCCC(=O)OC(CCCCCCCCCCC)CC(=O)NC1C(OCC2OC(C)(OP(=O)([O-])O)C(NC(=O)CC(O)CCCCCCCCCCC)C(C)(OC(=O)CC(O)CCCCCCCCCCC)C2(C)O)OC(CC)C(C)(OP(=O)([O-])O)C1(C)OC(=O)CC(CCCCCCCCCCC)OC(=O)CCCCCCCCCCC. The monoisotopic (exact) mass is 1840 g/mol. The van der Waals surface area contributed by atoms with E-state index in [2.05, 4.69) is 52.2 Å². The van der Waals surface area contributed by atoms with E-state index in [1.54, 1.807) is 6.92 Å². The van der Waals surface area contributed by atoms with E-state index in [4.69, 9.17) is 42.2 Å². The summed E-state index contributed by atoms with van der Waals surface area (Å²) in [5.41, 5.74) is -10.4. The first-order valence-corrected chi connectivity index (χ1v) is 54.0. The normalized spacial score (nSPS) is 23.9. The average molecular weight is 1840 g/mol. The highest BCUT2D eigenvalue weighted by Gasteiger charge is 2.70. The summed E-state index contributed by atoms with van der Waals surface area (Å²) >= 11 is 0. The fourth-order valence-electron chi connectivity index (χ4n) is 18.1. The molecule has 2 heterocycles. The molecule has 0 radical (unpaired) electrons. The van der Waals surface area contributed by atoms with Gasteiger partial charge in [-0.2, -0.15) is 0 Å². The summed E-state index contributed by atoms with van der Waals surface area (Å²) in [7, 11) is -12.0. The molecule has 0 aromatic rings. The van der Waals surface area contributed by atoms with Gasteiger partial charge in [-0.15, -0.1) is 0 Å². The molecule has 16 unspecified atom stereocenters. The van der Waals surface area contributed by atoms with Crippen molar-refractivity contribution in [2.75, 3.05) is 6.61 Å². The maximum absolute atomic E-state index is 15.6. The number of amides is 2. The van der Waals surface area contributed by atoms with E-state index in [1.807, 2.05) is 0 Å². The Hall–Kier alpha value is -3.20. The van der Waals surface area contributed by atoms with Gasteiger partial charge in [-0.3, -0.25) is 42.4 Å². The van der Waals surface area contributed by atoms with E-state index in [0.29, 0.717) is 38.5 Å². The molecule has 0 aliphatic carbocycles. The third kappa shape index (κ3) is 50.8. The minimum atomic E-state index is -6.04. The molecule has 0 aromatic heterocycles. The fraction of sp³-hybridized carbons (Fsp3) is 0.939. The Morgan fingerprint density at radius 1 is 0.373 bits per heavy atom. The maximum atomic E-state index is 15.6. The Labute approximate surface area is 763 Å². The first-order chi connectivity index (χ1) is 60.1. The van der Waals surface area contributed by atoms with Crippen LogP contribution in [0.4, 0.5) is 0 Å². The highest BCUT2D eigenvalue weighted by molar-refractivity contribution is 7.45. The number of nitrogens with one attached hydrogen (secondary N) is 2. The van der Waals surface area contributed by atoms with Crippen LogP contribution in [0.15, 0.2) is 0 Å².